The fourth-order valence-corrected chi connectivity index (χ4v) is 5.00. The number of methoxy groups -OCH3 is 2. The zero-order valence-electron chi connectivity index (χ0n) is 18.4. The van der Waals surface area contributed by atoms with Crippen molar-refractivity contribution in [2.24, 2.45) is 0 Å². The summed E-state index contributed by atoms with van der Waals surface area (Å²) in [6.45, 7) is 0.976. The van der Waals surface area contributed by atoms with Gasteiger partial charge in [0.15, 0.2) is 6.54 Å². The van der Waals surface area contributed by atoms with E-state index < -0.39 is 5.97 Å². The first-order chi connectivity index (χ1) is 16.2. The maximum Gasteiger partial charge on any atom is 0.354 e. The van der Waals surface area contributed by atoms with E-state index >= 15 is 0 Å². The number of nitrogens with zero attached hydrogens (tertiary/aromatic N) is 2. The van der Waals surface area contributed by atoms with Crippen molar-refractivity contribution in [2.45, 2.75) is 13.3 Å². The number of benzene rings is 2. The second-order valence-electron chi connectivity index (χ2n) is 7.59. The van der Waals surface area contributed by atoms with Crippen LogP contribution in [0.15, 0.2) is 71.1 Å². The molecule has 166 valence electrons. The van der Waals surface area contributed by atoms with E-state index in [1.165, 1.54) is 22.9 Å². The highest BCUT2D eigenvalue weighted by molar-refractivity contribution is 7.18. The summed E-state index contributed by atoms with van der Waals surface area (Å²) in [6.07, 6.45) is 4.04. The lowest BCUT2D eigenvalue weighted by molar-refractivity contribution is -0.659. The molecule has 2 aromatic carbocycles. The second kappa shape index (κ2) is 9.05. The largest absolute Gasteiger partial charge is 0.464 e. The van der Waals surface area contributed by atoms with Gasteiger partial charge in [-0.15, -0.1) is 0 Å². The van der Waals surface area contributed by atoms with Gasteiger partial charge in [0, 0.05) is 30.2 Å². The quantitative estimate of drug-likeness (QED) is 0.243. The number of esters is 1. The van der Waals surface area contributed by atoms with Gasteiger partial charge in [0.1, 0.15) is 22.9 Å². The topological polar surface area (TPSA) is 57.5 Å². The number of aromatic nitrogens is 2. The molecule has 0 atom stereocenters. The Morgan fingerprint density at radius 1 is 1.06 bits per heavy atom. The summed E-state index contributed by atoms with van der Waals surface area (Å²) in [7, 11) is 2.93. The van der Waals surface area contributed by atoms with Crippen LogP contribution in [0, 0.1) is 0 Å². The molecule has 0 unspecified atom stereocenters. The third kappa shape index (κ3) is 4.08. The predicted octanol–water partition coefficient (Wildman–Crippen LogP) is 5.35. The van der Waals surface area contributed by atoms with E-state index in [0.29, 0.717) is 17.2 Å². The van der Waals surface area contributed by atoms with E-state index in [2.05, 4.69) is 59.2 Å². The van der Waals surface area contributed by atoms with Gasteiger partial charge < -0.3 is 13.9 Å². The van der Waals surface area contributed by atoms with Gasteiger partial charge in [-0.1, -0.05) is 53.8 Å². The van der Waals surface area contributed by atoms with Gasteiger partial charge in [-0.3, -0.25) is 4.57 Å². The maximum absolute atomic E-state index is 12.1. The maximum atomic E-state index is 12.1. The number of ether oxygens (including phenoxy) is 2. The van der Waals surface area contributed by atoms with Crippen LogP contribution in [0.25, 0.3) is 33.5 Å². The predicted molar refractivity (Wildman–Crippen MR) is 129 cm³/mol. The van der Waals surface area contributed by atoms with Crippen LogP contribution in [0.3, 0.4) is 0 Å². The van der Waals surface area contributed by atoms with Crippen LogP contribution in [0.2, 0.25) is 0 Å². The summed E-state index contributed by atoms with van der Waals surface area (Å²) >= 11 is 1.74. The average Bonchev–Trinajstić information content (AvgIpc) is 3.50. The minimum absolute atomic E-state index is 0.192. The van der Waals surface area contributed by atoms with Crippen LogP contribution in [-0.2, 0) is 22.7 Å². The molecule has 7 heteroatoms. The van der Waals surface area contributed by atoms with Crippen molar-refractivity contribution in [3.63, 3.8) is 0 Å². The van der Waals surface area contributed by atoms with Gasteiger partial charge in [-0.25, -0.2) is 4.79 Å². The Bertz CT molecular complexity index is 1460. The second-order valence-corrected chi connectivity index (χ2v) is 8.65. The fourth-order valence-electron chi connectivity index (χ4n) is 3.94. The average molecular weight is 460 g/mol. The molecule has 0 aliphatic carbocycles. The smallest absolute Gasteiger partial charge is 0.354 e. The molecule has 0 spiro atoms. The first-order valence-corrected chi connectivity index (χ1v) is 11.3. The number of fused-ring (bicyclic) bond motifs is 2. The van der Waals surface area contributed by atoms with E-state index in [4.69, 9.17) is 13.9 Å². The van der Waals surface area contributed by atoms with Crippen molar-refractivity contribution in [3.05, 3.63) is 88.8 Å². The number of carbonyl (C=O) groups is 1. The van der Waals surface area contributed by atoms with E-state index in [9.17, 15) is 4.79 Å². The van der Waals surface area contributed by atoms with Gasteiger partial charge in [0.25, 0.3) is 5.01 Å². The molecule has 3 aromatic heterocycles. The Balaban J connectivity index is 1.52. The van der Waals surface area contributed by atoms with Gasteiger partial charge in [0.2, 0.25) is 11.2 Å². The van der Waals surface area contributed by atoms with Gasteiger partial charge in [0.05, 0.1) is 7.11 Å². The minimum atomic E-state index is -0.428. The lowest BCUT2D eigenvalue weighted by atomic mass is 10.2. The van der Waals surface area contributed by atoms with Crippen LogP contribution >= 0.6 is 11.3 Å². The molecule has 5 rings (SSSR count). The molecular weight excluding hydrogens is 436 g/mol. The Hall–Kier alpha value is -3.68. The first-order valence-electron chi connectivity index (χ1n) is 10.5. The summed E-state index contributed by atoms with van der Waals surface area (Å²) < 4.78 is 21.4. The minimum Gasteiger partial charge on any atom is -0.464 e. The third-order valence-electron chi connectivity index (χ3n) is 5.45. The van der Waals surface area contributed by atoms with Crippen LogP contribution in [-0.4, -0.2) is 24.8 Å². The van der Waals surface area contributed by atoms with E-state index in [0.717, 1.165) is 16.9 Å². The summed E-state index contributed by atoms with van der Waals surface area (Å²) in [6, 6.07) is 22.5. The highest BCUT2D eigenvalue weighted by Crippen LogP contribution is 2.27. The number of hydrogen-bond donors (Lipinski definition) is 0. The van der Waals surface area contributed by atoms with Crippen molar-refractivity contribution < 1.29 is 23.3 Å². The van der Waals surface area contributed by atoms with Gasteiger partial charge >= 0.3 is 5.97 Å². The third-order valence-corrected chi connectivity index (χ3v) is 6.58. The SMILES string of the molecule is COCn1c(C(=O)OC)cc2cc(/C=C/c3sc4ccccc4[n+]3Cc3ccccc3)oc21. The molecular formula is C26H23N2O4S+. The zero-order chi connectivity index (χ0) is 22.8. The lowest BCUT2D eigenvalue weighted by Crippen LogP contribution is -2.35. The molecule has 33 heavy (non-hydrogen) atoms. The van der Waals surface area contributed by atoms with Gasteiger partial charge in [-0.2, -0.15) is 4.57 Å². The van der Waals surface area contributed by atoms with Crippen LogP contribution in [0.5, 0.6) is 0 Å². The van der Waals surface area contributed by atoms with Crippen LogP contribution in [0.1, 0.15) is 26.8 Å². The molecule has 0 saturated carbocycles. The van der Waals surface area contributed by atoms with E-state index in [-0.39, 0.29) is 6.73 Å². The molecule has 0 radical (unpaired) electrons. The lowest BCUT2D eigenvalue weighted by Gasteiger charge is -2.06. The summed E-state index contributed by atoms with van der Waals surface area (Å²) in [4.78, 5) is 12.1. The highest BCUT2D eigenvalue weighted by Gasteiger charge is 2.21. The summed E-state index contributed by atoms with van der Waals surface area (Å²) in [5, 5.41) is 1.94. The molecule has 6 nitrogen and oxygen atoms in total. The summed E-state index contributed by atoms with van der Waals surface area (Å²) in [5.74, 6) is 0.271. The number of furan rings is 1. The summed E-state index contributed by atoms with van der Waals surface area (Å²) in [5.41, 5.74) is 3.41. The van der Waals surface area contributed by atoms with Crippen molar-refractivity contribution >= 4 is 50.8 Å². The van der Waals surface area contributed by atoms with Crippen molar-refractivity contribution in [2.75, 3.05) is 14.2 Å². The molecule has 0 saturated heterocycles. The van der Waals surface area contributed by atoms with Crippen LogP contribution < -0.4 is 4.57 Å². The monoisotopic (exact) mass is 459 g/mol. The molecule has 0 aliphatic rings. The van der Waals surface area contributed by atoms with E-state index in [1.807, 2.05) is 18.2 Å². The van der Waals surface area contributed by atoms with Crippen LogP contribution in [0.4, 0.5) is 0 Å². The molecule has 3 heterocycles. The van der Waals surface area contributed by atoms with Crippen molar-refractivity contribution in [1.29, 1.82) is 0 Å². The number of rotatable bonds is 7. The molecule has 0 N–H and O–H groups in total. The number of hydrogen-bond acceptors (Lipinski definition) is 5. The highest BCUT2D eigenvalue weighted by atomic mass is 32.1. The first kappa shape index (κ1) is 21.2. The standard InChI is InChI=1S/C26H23N2O4S/c1-30-17-28-22(26(29)31-2)15-19-14-20(32-25(19)28)12-13-24-27(16-18-8-4-3-5-9-18)21-10-6-7-11-23(21)33-24/h3-15H,16-17H2,1-2H3/q+1. The number of thiazole rings is 1. The molecule has 0 bridgehead atoms. The Morgan fingerprint density at radius 2 is 1.85 bits per heavy atom. The molecule has 0 fully saturated rings. The van der Waals surface area contributed by atoms with Crippen molar-refractivity contribution in [1.82, 2.24) is 4.57 Å². The normalized spacial score (nSPS) is 11.7. The fraction of sp³-hybridized carbons (Fsp3) is 0.154. The number of carbonyl (C=O) groups excluding carboxylic acids is 1. The Kier molecular flexibility index (Phi) is 5.81. The Morgan fingerprint density at radius 3 is 2.64 bits per heavy atom. The van der Waals surface area contributed by atoms with Crippen molar-refractivity contribution in [3.8, 4) is 0 Å². The van der Waals surface area contributed by atoms with Gasteiger partial charge in [-0.05, 0) is 24.3 Å². The number of para-hydroxylation sites is 1. The molecule has 0 amide bonds. The molecule has 0 aliphatic heterocycles. The molecule has 5 aromatic rings. The van der Waals surface area contributed by atoms with E-state index in [1.54, 1.807) is 29.1 Å². The zero-order valence-corrected chi connectivity index (χ0v) is 19.2. The Labute approximate surface area is 194 Å².